The predicted molar refractivity (Wildman–Crippen MR) is 74.7 cm³/mol. The fourth-order valence-corrected chi connectivity index (χ4v) is 2.15. The average Bonchev–Trinajstić information content (AvgIpc) is 2.40. The van der Waals surface area contributed by atoms with Crippen LogP contribution < -0.4 is 4.90 Å². The van der Waals surface area contributed by atoms with Gasteiger partial charge in [0.15, 0.2) is 0 Å². The second-order valence-corrected chi connectivity index (χ2v) is 4.62. The highest BCUT2D eigenvalue weighted by atomic mass is 35.5. The number of likely N-dealkylation sites (N-methyl/N-ethyl adjacent to an activating group) is 1. The van der Waals surface area contributed by atoms with Crippen molar-refractivity contribution in [2.45, 2.75) is 5.38 Å². The Morgan fingerprint density at radius 2 is 1.47 bits per heavy atom. The van der Waals surface area contributed by atoms with E-state index in [0.29, 0.717) is 0 Å². The molecule has 1 atom stereocenters. The van der Waals surface area contributed by atoms with Crippen LogP contribution in [0.1, 0.15) is 10.9 Å². The Morgan fingerprint density at radius 1 is 0.941 bits per heavy atom. The summed E-state index contributed by atoms with van der Waals surface area (Å²) in [6.07, 6.45) is 0. The maximum atomic E-state index is 6.41. The van der Waals surface area contributed by atoms with Crippen molar-refractivity contribution in [2.75, 3.05) is 18.5 Å². The Kier molecular flexibility index (Phi) is 4.05. The molecule has 0 heterocycles. The third-order valence-electron chi connectivity index (χ3n) is 2.79. The van der Waals surface area contributed by atoms with Crippen LogP contribution in [-0.4, -0.2) is 13.6 Å². The number of nitrogens with zero attached hydrogens (tertiary/aromatic N) is 1. The summed E-state index contributed by atoms with van der Waals surface area (Å²) in [5.41, 5.74) is 2.35. The summed E-state index contributed by atoms with van der Waals surface area (Å²) in [4.78, 5) is 2.17. The molecule has 0 aliphatic heterocycles. The second kappa shape index (κ2) is 5.74. The molecule has 0 spiro atoms. The van der Waals surface area contributed by atoms with E-state index in [0.717, 1.165) is 12.1 Å². The van der Waals surface area contributed by atoms with Crippen molar-refractivity contribution < 1.29 is 0 Å². The van der Waals surface area contributed by atoms with Crippen molar-refractivity contribution in [1.82, 2.24) is 0 Å². The van der Waals surface area contributed by atoms with E-state index >= 15 is 0 Å². The topological polar surface area (TPSA) is 3.24 Å². The van der Waals surface area contributed by atoms with Gasteiger partial charge >= 0.3 is 0 Å². The van der Waals surface area contributed by atoms with Crippen molar-refractivity contribution in [1.29, 1.82) is 0 Å². The maximum Gasteiger partial charge on any atom is 0.0760 e. The zero-order valence-corrected chi connectivity index (χ0v) is 10.6. The van der Waals surface area contributed by atoms with Crippen LogP contribution in [0.2, 0.25) is 0 Å². The van der Waals surface area contributed by atoms with Crippen LogP contribution in [0.4, 0.5) is 5.69 Å². The van der Waals surface area contributed by atoms with Gasteiger partial charge in [-0.1, -0.05) is 48.5 Å². The molecular formula is C15H16ClN. The van der Waals surface area contributed by atoms with E-state index in [4.69, 9.17) is 11.6 Å². The van der Waals surface area contributed by atoms with E-state index < -0.39 is 0 Å². The van der Waals surface area contributed by atoms with Gasteiger partial charge in [-0.05, 0) is 17.7 Å². The van der Waals surface area contributed by atoms with Gasteiger partial charge in [0.25, 0.3) is 0 Å². The summed E-state index contributed by atoms with van der Waals surface area (Å²) in [6, 6.07) is 20.5. The number of hydrogen-bond donors (Lipinski definition) is 0. The number of rotatable bonds is 4. The highest BCUT2D eigenvalue weighted by Gasteiger charge is 2.10. The van der Waals surface area contributed by atoms with Crippen molar-refractivity contribution in [2.24, 2.45) is 0 Å². The minimum atomic E-state index is 0.0152. The van der Waals surface area contributed by atoms with Gasteiger partial charge in [0.2, 0.25) is 0 Å². The lowest BCUT2D eigenvalue weighted by Crippen LogP contribution is -2.21. The molecular weight excluding hydrogens is 230 g/mol. The molecule has 0 saturated carbocycles. The molecule has 0 aromatic heterocycles. The summed E-state index contributed by atoms with van der Waals surface area (Å²) in [6.45, 7) is 0.801. The summed E-state index contributed by atoms with van der Waals surface area (Å²) in [5, 5.41) is 0.0152. The molecule has 1 unspecified atom stereocenters. The van der Waals surface area contributed by atoms with Crippen molar-refractivity contribution >= 4 is 17.3 Å². The van der Waals surface area contributed by atoms with E-state index in [1.54, 1.807) is 0 Å². The standard InChI is InChI=1S/C15H16ClN/c1-17(14-10-6-3-7-11-14)12-15(16)13-8-4-2-5-9-13/h2-11,15H,12H2,1H3. The highest BCUT2D eigenvalue weighted by molar-refractivity contribution is 6.21. The van der Waals surface area contributed by atoms with Crippen LogP contribution in [-0.2, 0) is 0 Å². The zero-order chi connectivity index (χ0) is 12.1. The first-order valence-electron chi connectivity index (χ1n) is 5.72. The number of hydrogen-bond acceptors (Lipinski definition) is 1. The number of benzene rings is 2. The van der Waals surface area contributed by atoms with Crippen molar-refractivity contribution in [3.63, 3.8) is 0 Å². The van der Waals surface area contributed by atoms with Gasteiger partial charge in [-0.15, -0.1) is 11.6 Å². The average molecular weight is 246 g/mol. The maximum absolute atomic E-state index is 6.41. The van der Waals surface area contributed by atoms with E-state index in [1.807, 2.05) is 36.4 Å². The van der Waals surface area contributed by atoms with Gasteiger partial charge in [-0.25, -0.2) is 0 Å². The largest absolute Gasteiger partial charge is 0.373 e. The molecule has 0 N–H and O–H groups in total. The number of anilines is 1. The SMILES string of the molecule is CN(CC(Cl)c1ccccc1)c1ccccc1. The number of alkyl halides is 1. The van der Waals surface area contributed by atoms with Crippen LogP contribution in [0, 0.1) is 0 Å². The molecule has 0 aliphatic rings. The van der Waals surface area contributed by atoms with Gasteiger partial charge in [-0.3, -0.25) is 0 Å². The van der Waals surface area contributed by atoms with Crippen LogP contribution in [0.5, 0.6) is 0 Å². The van der Waals surface area contributed by atoms with Crippen LogP contribution in [0.15, 0.2) is 60.7 Å². The smallest absolute Gasteiger partial charge is 0.0760 e. The third-order valence-corrected chi connectivity index (χ3v) is 3.18. The van der Waals surface area contributed by atoms with Gasteiger partial charge in [0, 0.05) is 19.3 Å². The molecule has 0 bridgehead atoms. The molecule has 2 heteroatoms. The van der Waals surface area contributed by atoms with Crippen LogP contribution in [0.3, 0.4) is 0 Å². The monoisotopic (exact) mass is 245 g/mol. The number of para-hydroxylation sites is 1. The van der Waals surface area contributed by atoms with E-state index in [1.165, 1.54) is 5.69 Å². The lowest BCUT2D eigenvalue weighted by atomic mass is 10.1. The summed E-state index contributed by atoms with van der Waals surface area (Å²) >= 11 is 6.41. The molecule has 0 saturated heterocycles. The Hall–Kier alpha value is -1.47. The first-order valence-corrected chi connectivity index (χ1v) is 6.16. The predicted octanol–water partition coefficient (Wildman–Crippen LogP) is 4.10. The molecule has 2 aromatic rings. The van der Waals surface area contributed by atoms with E-state index in [9.17, 15) is 0 Å². The second-order valence-electron chi connectivity index (χ2n) is 4.09. The fraction of sp³-hybridized carbons (Fsp3) is 0.200. The molecule has 2 rings (SSSR count). The van der Waals surface area contributed by atoms with Gasteiger partial charge < -0.3 is 4.90 Å². The zero-order valence-electron chi connectivity index (χ0n) is 9.88. The van der Waals surface area contributed by atoms with Crippen LogP contribution in [0.25, 0.3) is 0 Å². The Balaban J connectivity index is 2.02. The lowest BCUT2D eigenvalue weighted by Gasteiger charge is -2.22. The molecule has 1 nitrogen and oxygen atoms in total. The van der Waals surface area contributed by atoms with E-state index in [-0.39, 0.29) is 5.38 Å². The van der Waals surface area contributed by atoms with Crippen molar-refractivity contribution in [3.8, 4) is 0 Å². The molecule has 0 radical (unpaired) electrons. The lowest BCUT2D eigenvalue weighted by molar-refractivity contribution is 0.851. The quantitative estimate of drug-likeness (QED) is 0.733. The fourth-order valence-electron chi connectivity index (χ4n) is 1.80. The van der Waals surface area contributed by atoms with Gasteiger partial charge in [0.1, 0.15) is 0 Å². The minimum Gasteiger partial charge on any atom is -0.373 e. The Labute approximate surface area is 108 Å². The van der Waals surface area contributed by atoms with Crippen molar-refractivity contribution in [3.05, 3.63) is 66.2 Å². The number of halogens is 1. The summed E-state index contributed by atoms with van der Waals surface area (Å²) in [5.74, 6) is 0. The molecule has 0 fully saturated rings. The van der Waals surface area contributed by atoms with Gasteiger partial charge in [0.05, 0.1) is 5.38 Å². The summed E-state index contributed by atoms with van der Waals surface area (Å²) in [7, 11) is 2.06. The normalized spacial score (nSPS) is 12.1. The molecule has 0 aliphatic carbocycles. The summed E-state index contributed by atoms with van der Waals surface area (Å²) < 4.78 is 0. The van der Waals surface area contributed by atoms with Gasteiger partial charge in [-0.2, -0.15) is 0 Å². The molecule has 17 heavy (non-hydrogen) atoms. The first kappa shape index (κ1) is 12.0. The third kappa shape index (κ3) is 3.24. The molecule has 2 aromatic carbocycles. The Bertz CT molecular complexity index is 397. The first-order chi connectivity index (χ1) is 8.27. The molecule has 88 valence electrons. The van der Waals surface area contributed by atoms with Crippen LogP contribution >= 0.6 is 11.6 Å². The highest BCUT2D eigenvalue weighted by Crippen LogP contribution is 2.23. The minimum absolute atomic E-state index is 0.0152. The molecule has 0 amide bonds. The van der Waals surface area contributed by atoms with E-state index in [2.05, 4.69) is 36.2 Å². The Morgan fingerprint density at radius 3 is 2.06 bits per heavy atom.